The fraction of sp³-hybridized carbons (Fsp3) is 0.346. The van der Waals surface area contributed by atoms with Crippen LogP contribution in [0.4, 0.5) is 0 Å². The first-order valence-electron chi connectivity index (χ1n) is 10.7. The topological polar surface area (TPSA) is 81.8 Å². The van der Waals surface area contributed by atoms with Gasteiger partial charge in [-0.2, -0.15) is 0 Å². The van der Waals surface area contributed by atoms with E-state index in [1.54, 1.807) is 6.20 Å². The van der Waals surface area contributed by atoms with Gasteiger partial charge in [-0.1, -0.05) is 6.07 Å². The summed E-state index contributed by atoms with van der Waals surface area (Å²) >= 11 is 0. The van der Waals surface area contributed by atoms with Gasteiger partial charge in [0.05, 0.1) is 0 Å². The number of hydrogen-bond acceptors (Lipinski definition) is 4. The van der Waals surface area contributed by atoms with E-state index < -0.39 is 0 Å². The minimum absolute atomic E-state index is 0.0714. The van der Waals surface area contributed by atoms with Crippen molar-refractivity contribution < 1.29 is 4.79 Å². The lowest BCUT2D eigenvalue weighted by Crippen LogP contribution is -2.23. The van der Waals surface area contributed by atoms with Gasteiger partial charge in [-0.25, -0.2) is 0 Å². The van der Waals surface area contributed by atoms with E-state index in [0.29, 0.717) is 0 Å². The summed E-state index contributed by atoms with van der Waals surface area (Å²) in [5.74, 6) is 0.935. The number of rotatable bonds is 9. The molecule has 0 aromatic carbocycles. The normalized spacial score (nSPS) is 12.2. The van der Waals surface area contributed by atoms with Crippen molar-refractivity contribution in [1.29, 1.82) is 0 Å². The molecule has 2 N–H and O–H groups in total. The predicted octanol–water partition coefficient (Wildman–Crippen LogP) is 4.51. The highest BCUT2D eigenvalue weighted by atomic mass is 16.1. The summed E-state index contributed by atoms with van der Waals surface area (Å²) in [4.78, 5) is 25.0. The Morgan fingerprint density at radius 2 is 1.52 bits per heavy atom. The third-order valence-corrected chi connectivity index (χ3v) is 5.98. The van der Waals surface area contributed by atoms with Crippen molar-refractivity contribution in [3.8, 4) is 0 Å². The number of aromatic nitrogens is 3. The second kappa shape index (κ2) is 10.3. The summed E-state index contributed by atoms with van der Waals surface area (Å²) < 4.78 is 0. The highest BCUT2D eigenvalue weighted by Gasteiger charge is 2.28. The quantitative estimate of drug-likeness (QED) is 0.557. The Bertz CT molecular complexity index is 992. The summed E-state index contributed by atoms with van der Waals surface area (Å²) in [6, 6.07) is 4.04. The average Bonchev–Trinajstić information content (AvgIpc) is 2.72. The van der Waals surface area contributed by atoms with Crippen LogP contribution in [0.3, 0.4) is 0 Å². The lowest BCUT2D eigenvalue weighted by atomic mass is 9.75. The zero-order valence-electron chi connectivity index (χ0n) is 18.9. The maximum Gasteiger partial charge on any atom is 0.218 e. The molecule has 0 spiro atoms. The Morgan fingerprint density at radius 3 is 2.06 bits per heavy atom. The standard InChI is InChI=1S/C26H31N4O/c1-17-12-29-13-18(2)23(17)8-7-22(11-25(27)31)24(10-21-6-5-9-28-16-21)26-19(3)14-30-15-20(26)4/h5-6,9,12-16,24H,7-8,10-11H2,1-4H3,(H2,27,31). The van der Waals surface area contributed by atoms with E-state index in [1.165, 1.54) is 22.3 Å². The molecule has 0 aliphatic rings. The van der Waals surface area contributed by atoms with E-state index in [1.807, 2.05) is 37.1 Å². The van der Waals surface area contributed by atoms with E-state index >= 15 is 0 Å². The van der Waals surface area contributed by atoms with E-state index in [2.05, 4.69) is 48.7 Å². The molecule has 0 saturated carbocycles. The van der Waals surface area contributed by atoms with Crippen LogP contribution in [0.1, 0.15) is 57.7 Å². The molecule has 31 heavy (non-hydrogen) atoms. The fourth-order valence-corrected chi connectivity index (χ4v) is 4.48. The molecule has 1 atom stereocenters. The molecular weight excluding hydrogens is 384 g/mol. The largest absolute Gasteiger partial charge is 0.370 e. The van der Waals surface area contributed by atoms with Gasteiger partial charge in [0.25, 0.3) is 0 Å². The first kappa shape index (κ1) is 22.6. The SMILES string of the molecule is Cc1cncc(C)c1CC[C](CC(N)=O)C(Cc1cccnc1)c1c(C)cncc1C. The van der Waals surface area contributed by atoms with Crippen LogP contribution in [-0.4, -0.2) is 20.9 Å². The smallest absolute Gasteiger partial charge is 0.218 e. The Morgan fingerprint density at radius 1 is 0.903 bits per heavy atom. The zero-order valence-corrected chi connectivity index (χ0v) is 18.9. The van der Waals surface area contributed by atoms with Crippen molar-refractivity contribution >= 4 is 5.91 Å². The average molecular weight is 416 g/mol. The number of primary amides is 1. The first-order chi connectivity index (χ1) is 14.9. The Balaban J connectivity index is 1.99. The van der Waals surface area contributed by atoms with Crippen molar-refractivity contribution in [3.63, 3.8) is 0 Å². The third-order valence-electron chi connectivity index (χ3n) is 5.98. The van der Waals surface area contributed by atoms with Crippen LogP contribution < -0.4 is 5.73 Å². The monoisotopic (exact) mass is 415 g/mol. The molecule has 5 heteroatoms. The van der Waals surface area contributed by atoms with Crippen molar-refractivity contribution in [3.05, 3.63) is 94.2 Å². The van der Waals surface area contributed by atoms with Gasteiger partial charge < -0.3 is 5.73 Å². The van der Waals surface area contributed by atoms with Crippen molar-refractivity contribution in [2.75, 3.05) is 0 Å². The van der Waals surface area contributed by atoms with Crippen LogP contribution in [-0.2, 0) is 17.6 Å². The summed E-state index contributed by atoms with van der Waals surface area (Å²) in [7, 11) is 0. The van der Waals surface area contributed by atoms with Crippen molar-refractivity contribution in [2.24, 2.45) is 5.73 Å². The Hall–Kier alpha value is -3.08. The van der Waals surface area contributed by atoms with Crippen molar-refractivity contribution in [1.82, 2.24) is 15.0 Å². The third kappa shape index (κ3) is 5.75. The number of hydrogen-bond donors (Lipinski definition) is 1. The molecule has 1 unspecified atom stereocenters. The fourth-order valence-electron chi connectivity index (χ4n) is 4.48. The lowest BCUT2D eigenvalue weighted by molar-refractivity contribution is -0.117. The van der Waals surface area contributed by atoms with Gasteiger partial charge in [-0.3, -0.25) is 19.7 Å². The van der Waals surface area contributed by atoms with E-state index in [0.717, 1.165) is 41.9 Å². The maximum atomic E-state index is 12.1. The van der Waals surface area contributed by atoms with Crippen molar-refractivity contribution in [2.45, 2.75) is 59.3 Å². The van der Waals surface area contributed by atoms with Gasteiger partial charge in [-0.15, -0.1) is 0 Å². The minimum Gasteiger partial charge on any atom is -0.370 e. The number of nitrogens with zero attached hydrogens (tertiary/aromatic N) is 3. The van der Waals surface area contributed by atoms with Gasteiger partial charge in [0.2, 0.25) is 5.91 Å². The molecule has 0 fully saturated rings. The zero-order chi connectivity index (χ0) is 22.4. The minimum atomic E-state index is -0.293. The van der Waals surface area contributed by atoms with E-state index in [9.17, 15) is 4.79 Å². The summed E-state index contributed by atoms with van der Waals surface area (Å²) in [6.45, 7) is 8.36. The maximum absolute atomic E-state index is 12.1. The van der Waals surface area contributed by atoms with Gasteiger partial charge in [0, 0.05) is 43.6 Å². The molecule has 1 amide bonds. The Kier molecular flexibility index (Phi) is 7.50. The summed E-state index contributed by atoms with van der Waals surface area (Å²) in [6.07, 6.45) is 14.0. The molecule has 0 aliphatic carbocycles. The lowest BCUT2D eigenvalue weighted by Gasteiger charge is -2.29. The Labute approximate surface area is 185 Å². The number of pyridine rings is 3. The molecule has 3 aromatic rings. The number of carbonyl (C=O) groups is 1. The molecule has 3 heterocycles. The molecule has 161 valence electrons. The molecule has 0 bridgehead atoms. The van der Waals surface area contributed by atoms with Crippen LogP contribution in [0.25, 0.3) is 0 Å². The van der Waals surface area contributed by atoms with Crippen LogP contribution in [0.15, 0.2) is 49.3 Å². The van der Waals surface area contributed by atoms with Crippen LogP contribution in [0.5, 0.6) is 0 Å². The predicted molar refractivity (Wildman–Crippen MR) is 123 cm³/mol. The number of nitrogens with two attached hydrogens (primary N) is 1. The molecule has 1 radical (unpaired) electrons. The second-order valence-electron chi connectivity index (χ2n) is 8.36. The summed E-state index contributed by atoms with van der Waals surface area (Å²) in [5, 5.41) is 0. The molecular formula is C26H31N4O. The van der Waals surface area contributed by atoms with E-state index in [4.69, 9.17) is 5.73 Å². The summed E-state index contributed by atoms with van der Waals surface area (Å²) in [5.41, 5.74) is 14.0. The highest BCUT2D eigenvalue weighted by Crippen LogP contribution is 2.38. The molecule has 0 saturated heterocycles. The number of amides is 1. The molecule has 3 aromatic heterocycles. The van der Waals surface area contributed by atoms with E-state index in [-0.39, 0.29) is 18.2 Å². The molecule has 0 aliphatic heterocycles. The number of aryl methyl sites for hydroxylation is 4. The van der Waals surface area contributed by atoms with Crippen LogP contribution in [0, 0.1) is 33.6 Å². The van der Waals surface area contributed by atoms with Gasteiger partial charge in [0.1, 0.15) is 0 Å². The first-order valence-corrected chi connectivity index (χ1v) is 10.7. The van der Waals surface area contributed by atoms with Gasteiger partial charge in [0.15, 0.2) is 0 Å². The molecule has 5 nitrogen and oxygen atoms in total. The second-order valence-corrected chi connectivity index (χ2v) is 8.36. The highest BCUT2D eigenvalue weighted by molar-refractivity contribution is 5.76. The number of carbonyl (C=O) groups excluding carboxylic acids is 1. The van der Waals surface area contributed by atoms with Crippen LogP contribution >= 0.6 is 0 Å². The van der Waals surface area contributed by atoms with Gasteiger partial charge >= 0.3 is 0 Å². The molecule has 3 rings (SSSR count). The van der Waals surface area contributed by atoms with Gasteiger partial charge in [-0.05, 0) is 104 Å². The van der Waals surface area contributed by atoms with Crippen LogP contribution in [0.2, 0.25) is 0 Å².